The van der Waals surface area contributed by atoms with Crippen LogP contribution in [0.15, 0.2) is 12.3 Å². The summed E-state index contributed by atoms with van der Waals surface area (Å²) in [5.41, 5.74) is 7.43. The van der Waals surface area contributed by atoms with Crippen LogP contribution < -0.4 is 5.73 Å². The molecule has 1 fully saturated rings. The van der Waals surface area contributed by atoms with Crippen molar-refractivity contribution in [2.45, 2.75) is 31.8 Å². The Morgan fingerprint density at radius 3 is 2.67 bits per heavy atom. The number of nitrogens with two attached hydrogens (primary N) is 1. The average Bonchev–Trinajstić information content (AvgIpc) is 2.76. The third-order valence-corrected chi connectivity index (χ3v) is 3.93. The van der Waals surface area contributed by atoms with Crippen LogP contribution in [0.2, 0.25) is 0 Å². The maximum absolute atomic E-state index is 6.39. The molecule has 1 saturated heterocycles. The van der Waals surface area contributed by atoms with E-state index in [1.807, 2.05) is 24.0 Å². The lowest BCUT2D eigenvalue weighted by atomic mass is 9.89. The molecule has 5 nitrogen and oxygen atoms in total. The molecular formula is C13H24N4O. The molecule has 102 valence electrons. The van der Waals surface area contributed by atoms with Crippen LogP contribution in [-0.2, 0) is 18.2 Å². The monoisotopic (exact) mass is 252 g/mol. The van der Waals surface area contributed by atoms with E-state index < -0.39 is 0 Å². The zero-order valence-electron chi connectivity index (χ0n) is 11.6. The number of aromatic nitrogens is 2. The molecular weight excluding hydrogens is 228 g/mol. The van der Waals surface area contributed by atoms with Crippen LogP contribution in [0.3, 0.4) is 0 Å². The van der Waals surface area contributed by atoms with Crippen molar-refractivity contribution in [1.82, 2.24) is 14.7 Å². The molecule has 0 saturated carbocycles. The Morgan fingerprint density at radius 2 is 2.11 bits per heavy atom. The van der Waals surface area contributed by atoms with Crippen molar-refractivity contribution in [3.8, 4) is 0 Å². The van der Waals surface area contributed by atoms with Crippen LogP contribution in [0.1, 0.15) is 19.5 Å². The maximum atomic E-state index is 6.39. The maximum Gasteiger partial charge on any atom is 0.0640 e. The largest absolute Gasteiger partial charge is 0.379 e. The first-order valence-corrected chi connectivity index (χ1v) is 6.57. The van der Waals surface area contributed by atoms with E-state index in [-0.39, 0.29) is 11.6 Å². The van der Waals surface area contributed by atoms with Gasteiger partial charge in [0.05, 0.1) is 18.9 Å². The molecule has 2 rings (SSSR count). The molecule has 2 heterocycles. The zero-order valence-corrected chi connectivity index (χ0v) is 11.6. The highest BCUT2D eigenvalue weighted by molar-refractivity contribution is 5.05. The number of morpholine rings is 1. The first-order valence-electron chi connectivity index (χ1n) is 6.57. The molecule has 0 amide bonds. The van der Waals surface area contributed by atoms with Gasteiger partial charge in [-0.3, -0.25) is 9.58 Å². The van der Waals surface area contributed by atoms with Crippen molar-refractivity contribution in [2.24, 2.45) is 12.8 Å². The highest BCUT2D eigenvalue weighted by Crippen LogP contribution is 2.21. The standard InChI is InChI=1S/C13H24N4O/c1-13(2,17-6-8-18-9-7-17)12(14)10-11-4-5-16(3)15-11/h4-5,12H,6-10,14H2,1-3H3. The van der Waals surface area contributed by atoms with E-state index in [9.17, 15) is 0 Å². The Morgan fingerprint density at radius 1 is 1.44 bits per heavy atom. The summed E-state index contributed by atoms with van der Waals surface area (Å²) in [7, 11) is 1.93. The Balaban J connectivity index is 1.99. The van der Waals surface area contributed by atoms with E-state index in [1.54, 1.807) is 0 Å². The topological polar surface area (TPSA) is 56.3 Å². The molecule has 1 aliphatic rings. The fourth-order valence-corrected chi connectivity index (χ4v) is 2.42. The Bertz CT molecular complexity index is 382. The summed E-state index contributed by atoms with van der Waals surface area (Å²) in [6.07, 6.45) is 2.77. The smallest absolute Gasteiger partial charge is 0.0640 e. The van der Waals surface area contributed by atoms with Gasteiger partial charge in [-0.2, -0.15) is 5.10 Å². The number of hydrogen-bond acceptors (Lipinski definition) is 4. The van der Waals surface area contributed by atoms with Crippen LogP contribution in [0, 0.1) is 0 Å². The molecule has 5 heteroatoms. The normalized spacial score (nSPS) is 20.0. The fourth-order valence-electron chi connectivity index (χ4n) is 2.42. The summed E-state index contributed by atoms with van der Waals surface area (Å²) in [6.45, 7) is 7.96. The predicted octanol–water partition coefficient (Wildman–Crippen LogP) is 0.401. The summed E-state index contributed by atoms with van der Waals surface area (Å²) in [5.74, 6) is 0. The second-order valence-electron chi connectivity index (χ2n) is 5.54. The van der Waals surface area contributed by atoms with Gasteiger partial charge in [0.2, 0.25) is 0 Å². The minimum atomic E-state index is -0.0265. The van der Waals surface area contributed by atoms with Crippen molar-refractivity contribution < 1.29 is 4.74 Å². The van der Waals surface area contributed by atoms with Gasteiger partial charge in [-0.25, -0.2) is 0 Å². The van der Waals surface area contributed by atoms with E-state index in [1.165, 1.54) is 0 Å². The third-order valence-electron chi connectivity index (χ3n) is 3.93. The van der Waals surface area contributed by atoms with Crippen molar-refractivity contribution >= 4 is 0 Å². The van der Waals surface area contributed by atoms with Crippen LogP contribution in [-0.4, -0.2) is 52.6 Å². The molecule has 18 heavy (non-hydrogen) atoms. The molecule has 1 aliphatic heterocycles. The molecule has 0 aliphatic carbocycles. The number of nitrogens with zero attached hydrogens (tertiary/aromatic N) is 3. The van der Waals surface area contributed by atoms with Gasteiger partial charge >= 0.3 is 0 Å². The Hall–Kier alpha value is -0.910. The van der Waals surface area contributed by atoms with Gasteiger partial charge in [-0.15, -0.1) is 0 Å². The van der Waals surface area contributed by atoms with Crippen molar-refractivity contribution in [2.75, 3.05) is 26.3 Å². The van der Waals surface area contributed by atoms with Crippen LogP contribution in [0.25, 0.3) is 0 Å². The van der Waals surface area contributed by atoms with E-state index in [0.717, 1.165) is 38.4 Å². The number of aryl methyl sites for hydroxylation is 1. The van der Waals surface area contributed by atoms with Crippen LogP contribution in [0.4, 0.5) is 0 Å². The first-order chi connectivity index (χ1) is 8.50. The lowest BCUT2D eigenvalue weighted by molar-refractivity contribution is -0.0187. The lowest BCUT2D eigenvalue weighted by Gasteiger charge is -2.44. The average molecular weight is 252 g/mol. The second-order valence-corrected chi connectivity index (χ2v) is 5.54. The van der Waals surface area contributed by atoms with Crippen molar-refractivity contribution in [3.63, 3.8) is 0 Å². The number of hydrogen-bond donors (Lipinski definition) is 1. The van der Waals surface area contributed by atoms with Gasteiger partial charge in [0, 0.05) is 44.3 Å². The van der Waals surface area contributed by atoms with Gasteiger partial charge in [0.1, 0.15) is 0 Å². The summed E-state index contributed by atoms with van der Waals surface area (Å²) >= 11 is 0. The summed E-state index contributed by atoms with van der Waals surface area (Å²) in [6, 6.07) is 2.11. The van der Waals surface area contributed by atoms with E-state index in [2.05, 4.69) is 23.8 Å². The minimum Gasteiger partial charge on any atom is -0.379 e. The summed E-state index contributed by atoms with van der Waals surface area (Å²) < 4.78 is 7.22. The number of rotatable bonds is 4. The molecule has 1 unspecified atom stereocenters. The van der Waals surface area contributed by atoms with E-state index in [0.29, 0.717) is 0 Å². The minimum absolute atomic E-state index is 0.0265. The Kier molecular flexibility index (Phi) is 4.04. The lowest BCUT2D eigenvalue weighted by Crippen LogP contribution is -2.59. The molecule has 1 aromatic heterocycles. The van der Waals surface area contributed by atoms with Gasteiger partial charge in [-0.1, -0.05) is 0 Å². The molecule has 2 N–H and O–H groups in total. The van der Waals surface area contributed by atoms with Crippen molar-refractivity contribution in [3.05, 3.63) is 18.0 Å². The van der Waals surface area contributed by atoms with E-state index in [4.69, 9.17) is 10.5 Å². The molecule has 1 aromatic rings. The molecule has 0 aromatic carbocycles. The van der Waals surface area contributed by atoms with E-state index >= 15 is 0 Å². The molecule has 0 bridgehead atoms. The van der Waals surface area contributed by atoms with Gasteiger partial charge in [0.15, 0.2) is 0 Å². The fraction of sp³-hybridized carbons (Fsp3) is 0.769. The Labute approximate surface area is 109 Å². The SMILES string of the molecule is Cn1ccc(CC(N)C(C)(C)N2CCOCC2)n1. The molecule has 0 spiro atoms. The number of ether oxygens (including phenoxy) is 1. The second kappa shape index (κ2) is 5.38. The van der Waals surface area contributed by atoms with Gasteiger partial charge < -0.3 is 10.5 Å². The highest BCUT2D eigenvalue weighted by Gasteiger charge is 2.34. The van der Waals surface area contributed by atoms with Crippen LogP contribution >= 0.6 is 0 Å². The third kappa shape index (κ3) is 2.91. The van der Waals surface area contributed by atoms with Gasteiger partial charge in [0.25, 0.3) is 0 Å². The summed E-state index contributed by atoms with van der Waals surface area (Å²) in [4.78, 5) is 2.42. The highest BCUT2D eigenvalue weighted by atomic mass is 16.5. The first kappa shape index (κ1) is 13.5. The summed E-state index contributed by atoms with van der Waals surface area (Å²) in [5, 5.41) is 4.40. The van der Waals surface area contributed by atoms with Crippen LogP contribution in [0.5, 0.6) is 0 Å². The zero-order chi connectivity index (χ0) is 13.2. The molecule has 1 atom stereocenters. The van der Waals surface area contributed by atoms with Crippen molar-refractivity contribution in [1.29, 1.82) is 0 Å². The quantitative estimate of drug-likeness (QED) is 0.843. The van der Waals surface area contributed by atoms with Gasteiger partial charge in [-0.05, 0) is 19.9 Å². The predicted molar refractivity (Wildman–Crippen MR) is 71.4 cm³/mol. The molecule has 0 radical (unpaired) electrons.